The van der Waals surface area contributed by atoms with Crippen LogP contribution in [0.2, 0.25) is 0 Å². The van der Waals surface area contributed by atoms with Crippen molar-refractivity contribution < 1.29 is 19.2 Å². The largest absolute Gasteiger partial charge is 0.489 e. The number of nitrogens with one attached hydrogen (secondary N) is 1. The average molecular weight is 710 g/mol. The number of nitro benzene ring substituents is 1. The Balaban J connectivity index is 1.40. The van der Waals surface area contributed by atoms with Crippen molar-refractivity contribution in [3.05, 3.63) is 131 Å². The fourth-order valence-corrected chi connectivity index (χ4v) is 5.37. The summed E-state index contributed by atoms with van der Waals surface area (Å²) in [5, 5.41) is 23.4. The van der Waals surface area contributed by atoms with Crippen LogP contribution in [0.15, 0.2) is 101 Å². The number of nitro groups is 1. The predicted molar refractivity (Wildman–Crippen MR) is 164 cm³/mol. The van der Waals surface area contributed by atoms with E-state index in [-0.39, 0.29) is 17.9 Å². The molecule has 0 heterocycles. The van der Waals surface area contributed by atoms with Crippen molar-refractivity contribution in [3.63, 3.8) is 0 Å². The molecule has 4 aromatic rings. The SMILES string of the molecule is N#C/C(=C\c1cc(Br)c(OCc2cccc([N+](=O)[O-])c2)c(I)c1)C(=O)Nc1ccc(OCc2ccccc2)cc1. The van der Waals surface area contributed by atoms with Crippen LogP contribution in [-0.2, 0) is 18.0 Å². The molecule has 40 heavy (non-hydrogen) atoms. The molecular weight excluding hydrogens is 689 g/mol. The van der Waals surface area contributed by atoms with Crippen molar-refractivity contribution in [1.29, 1.82) is 5.26 Å². The molecule has 0 aromatic heterocycles. The van der Waals surface area contributed by atoms with Crippen molar-refractivity contribution in [1.82, 2.24) is 0 Å². The average Bonchev–Trinajstić information content (AvgIpc) is 2.95. The Morgan fingerprint density at radius 2 is 1.68 bits per heavy atom. The van der Waals surface area contributed by atoms with Gasteiger partial charge < -0.3 is 14.8 Å². The molecule has 0 aliphatic rings. The molecule has 0 fully saturated rings. The van der Waals surface area contributed by atoms with Gasteiger partial charge in [-0.2, -0.15) is 5.26 Å². The Labute approximate surface area is 252 Å². The second-order valence-electron chi connectivity index (χ2n) is 8.45. The van der Waals surface area contributed by atoms with Crippen LogP contribution in [0.4, 0.5) is 11.4 Å². The Morgan fingerprint density at radius 3 is 2.35 bits per heavy atom. The van der Waals surface area contributed by atoms with Crippen molar-refractivity contribution in [2.75, 3.05) is 5.32 Å². The minimum Gasteiger partial charge on any atom is -0.489 e. The number of ether oxygens (including phenoxy) is 2. The number of benzene rings is 4. The molecule has 4 aromatic carbocycles. The number of anilines is 1. The maximum absolute atomic E-state index is 12.8. The molecule has 0 aliphatic carbocycles. The summed E-state index contributed by atoms with van der Waals surface area (Å²) in [6.45, 7) is 0.564. The topological polar surface area (TPSA) is 114 Å². The van der Waals surface area contributed by atoms with E-state index < -0.39 is 10.8 Å². The molecule has 0 atom stereocenters. The number of rotatable bonds is 10. The molecule has 0 radical (unpaired) electrons. The Hall–Kier alpha value is -4.21. The summed E-state index contributed by atoms with van der Waals surface area (Å²) in [5.41, 5.74) is 2.77. The zero-order valence-electron chi connectivity index (χ0n) is 20.8. The van der Waals surface area contributed by atoms with Gasteiger partial charge in [0.2, 0.25) is 0 Å². The van der Waals surface area contributed by atoms with Gasteiger partial charge in [0.25, 0.3) is 11.6 Å². The third-order valence-electron chi connectivity index (χ3n) is 5.56. The molecule has 10 heteroatoms. The van der Waals surface area contributed by atoms with Gasteiger partial charge >= 0.3 is 0 Å². The lowest BCUT2D eigenvalue weighted by Crippen LogP contribution is -2.13. The summed E-state index contributed by atoms with van der Waals surface area (Å²) in [6, 6.07) is 28.4. The molecule has 0 spiro atoms. The van der Waals surface area contributed by atoms with Gasteiger partial charge in [0.15, 0.2) is 0 Å². The van der Waals surface area contributed by atoms with Crippen molar-refractivity contribution in [2.45, 2.75) is 13.2 Å². The Kier molecular flexibility index (Phi) is 9.88. The number of hydrogen-bond donors (Lipinski definition) is 1. The van der Waals surface area contributed by atoms with Crippen LogP contribution in [0.25, 0.3) is 6.08 Å². The monoisotopic (exact) mass is 709 g/mol. The minimum absolute atomic E-state index is 0.00927. The molecule has 0 saturated carbocycles. The normalized spacial score (nSPS) is 10.9. The molecule has 0 unspecified atom stereocenters. The Bertz CT molecular complexity index is 1580. The summed E-state index contributed by atoms with van der Waals surface area (Å²) < 4.78 is 13.0. The van der Waals surface area contributed by atoms with Crippen LogP contribution >= 0.6 is 38.5 Å². The van der Waals surface area contributed by atoms with Gasteiger partial charge in [0.1, 0.15) is 36.4 Å². The summed E-state index contributed by atoms with van der Waals surface area (Å²) >= 11 is 5.58. The molecular formula is C30H21BrIN3O5. The van der Waals surface area contributed by atoms with Crippen LogP contribution in [0.1, 0.15) is 16.7 Å². The van der Waals surface area contributed by atoms with Crippen LogP contribution in [0.5, 0.6) is 11.5 Å². The lowest BCUT2D eigenvalue weighted by molar-refractivity contribution is -0.384. The first-order chi connectivity index (χ1) is 19.3. The smallest absolute Gasteiger partial charge is 0.269 e. The summed E-state index contributed by atoms with van der Waals surface area (Å²) in [6.07, 6.45) is 1.49. The van der Waals surface area contributed by atoms with E-state index in [9.17, 15) is 20.2 Å². The third kappa shape index (κ3) is 7.91. The molecule has 0 saturated heterocycles. The second kappa shape index (κ2) is 13.7. The lowest BCUT2D eigenvalue weighted by Gasteiger charge is -2.12. The van der Waals surface area contributed by atoms with E-state index in [1.807, 2.05) is 36.4 Å². The second-order valence-corrected chi connectivity index (χ2v) is 10.5. The minimum atomic E-state index is -0.544. The summed E-state index contributed by atoms with van der Waals surface area (Å²) in [4.78, 5) is 23.4. The van der Waals surface area contributed by atoms with Gasteiger partial charge in [-0.3, -0.25) is 14.9 Å². The Morgan fingerprint density at radius 1 is 0.975 bits per heavy atom. The zero-order chi connectivity index (χ0) is 28.5. The van der Waals surface area contributed by atoms with Gasteiger partial charge in [-0.15, -0.1) is 0 Å². The van der Waals surface area contributed by atoms with E-state index in [1.54, 1.807) is 48.5 Å². The van der Waals surface area contributed by atoms with Crippen molar-refractivity contribution in [2.24, 2.45) is 0 Å². The quantitative estimate of drug-likeness (QED) is 0.0595. The standard InChI is InChI=1S/C30H21BrIN3O5/c31-27-15-22(16-28(32)29(27)40-19-21-7-4-8-25(14-21)35(37)38)13-23(17-33)30(36)34-24-9-11-26(12-10-24)39-18-20-5-2-1-3-6-20/h1-16H,18-19H2,(H,34,36)/b23-13+. The van der Waals surface area contributed by atoms with E-state index in [1.165, 1.54) is 18.2 Å². The van der Waals surface area contributed by atoms with Crippen molar-refractivity contribution >= 4 is 61.9 Å². The maximum Gasteiger partial charge on any atom is 0.269 e. The fraction of sp³-hybridized carbons (Fsp3) is 0.0667. The molecule has 8 nitrogen and oxygen atoms in total. The van der Waals surface area contributed by atoms with Gasteiger partial charge in [0.05, 0.1) is 13.0 Å². The van der Waals surface area contributed by atoms with E-state index in [0.717, 1.165) is 9.13 Å². The first-order valence-electron chi connectivity index (χ1n) is 11.9. The van der Waals surface area contributed by atoms with Crippen LogP contribution in [0.3, 0.4) is 0 Å². The van der Waals surface area contributed by atoms with Crippen LogP contribution < -0.4 is 14.8 Å². The highest BCUT2D eigenvalue weighted by Crippen LogP contribution is 2.33. The highest BCUT2D eigenvalue weighted by atomic mass is 127. The number of carbonyl (C=O) groups is 1. The summed E-state index contributed by atoms with van der Waals surface area (Å²) in [7, 11) is 0. The number of hydrogen-bond acceptors (Lipinski definition) is 6. The van der Waals surface area contributed by atoms with E-state index in [0.29, 0.717) is 39.4 Å². The zero-order valence-corrected chi connectivity index (χ0v) is 24.6. The number of nitrogens with zero attached hydrogens (tertiary/aromatic N) is 2. The van der Waals surface area contributed by atoms with Crippen LogP contribution in [-0.4, -0.2) is 10.8 Å². The first-order valence-corrected chi connectivity index (χ1v) is 13.7. The molecule has 0 bridgehead atoms. The number of non-ortho nitro benzene ring substituents is 1. The highest BCUT2D eigenvalue weighted by molar-refractivity contribution is 14.1. The third-order valence-corrected chi connectivity index (χ3v) is 6.95. The van der Waals surface area contributed by atoms with E-state index in [4.69, 9.17) is 9.47 Å². The molecule has 1 N–H and O–H groups in total. The number of halogens is 2. The van der Waals surface area contributed by atoms with Gasteiger partial charge in [-0.05, 0) is 97.7 Å². The van der Waals surface area contributed by atoms with E-state index in [2.05, 4.69) is 43.8 Å². The number of nitriles is 1. The molecule has 0 aliphatic heterocycles. The first kappa shape index (κ1) is 28.8. The maximum atomic E-state index is 12.8. The van der Waals surface area contributed by atoms with Crippen molar-refractivity contribution in [3.8, 4) is 17.6 Å². The lowest BCUT2D eigenvalue weighted by atomic mass is 10.1. The summed E-state index contributed by atoms with van der Waals surface area (Å²) in [5.74, 6) is 0.657. The van der Waals surface area contributed by atoms with Gasteiger partial charge in [0, 0.05) is 17.8 Å². The van der Waals surface area contributed by atoms with Gasteiger partial charge in [-0.25, -0.2) is 0 Å². The molecule has 200 valence electrons. The van der Waals surface area contributed by atoms with E-state index >= 15 is 0 Å². The van der Waals surface area contributed by atoms with Gasteiger partial charge in [-0.1, -0.05) is 42.5 Å². The van der Waals surface area contributed by atoms with Crippen LogP contribution in [0, 0.1) is 25.0 Å². The molecule has 4 rings (SSSR count). The molecule has 1 amide bonds. The number of carbonyl (C=O) groups excluding carboxylic acids is 1. The fourth-order valence-electron chi connectivity index (χ4n) is 3.61. The number of amides is 1. The highest BCUT2D eigenvalue weighted by Gasteiger charge is 2.14. The predicted octanol–water partition coefficient (Wildman–Crippen LogP) is 7.67.